The highest BCUT2D eigenvalue weighted by Gasteiger charge is 2.27. The van der Waals surface area contributed by atoms with E-state index in [-0.39, 0.29) is 0 Å². The molecule has 1 N–H and O–H groups in total. The van der Waals surface area contributed by atoms with E-state index in [9.17, 15) is 0 Å². The van der Waals surface area contributed by atoms with Crippen LogP contribution in [-0.2, 0) is 6.54 Å². The van der Waals surface area contributed by atoms with E-state index >= 15 is 0 Å². The van der Waals surface area contributed by atoms with E-state index < -0.39 is 0 Å². The van der Waals surface area contributed by atoms with Crippen LogP contribution in [0.15, 0.2) is 6.20 Å². The molecule has 0 aromatic carbocycles. The first-order valence-corrected chi connectivity index (χ1v) is 6.84. The maximum absolute atomic E-state index is 4.57. The van der Waals surface area contributed by atoms with Gasteiger partial charge < -0.3 is 9.88 Å². The maximum Gasteiger partial charge on any atom is 0.203 e. The molecule has 1 atom stereocenters. The molecule has 1 aromatic heterocycles. The molecule has 3 heteroatoms. The van der Waals surface area contributed by atoms with Crippen LogP contribution >= 0.6 is 0 Å². The Morgan fingerprint density at radius 2 is 2.12 bits per heavy atom. The molecule has 1 unspecified atom stereocenters. The van der Waals surface area contributed by atoms with Gasteiger partial charge in [0.25, 0.3) is 0 Å². The Hall–Kier alpha value is -0.990. The zero-order valence-electron chi connectivity index (χ0n) is 11.5. The highest BCUT2D eigenvalue weighted by molar-refractivity contribution is 5.28. The van der Waals surface area contributed by atoms with Gasteiger partial charge in [0.1, 0.15) is 0 Å². The zero-order chi connectivity index (χ0) is 12.4. The smallest absolute Gasteiger partial charge is 0.203 e. The number of rotatable bonds is 6. The number of aromatic nitrogens is 2. The van der Waals surface area contributed by atoms with Gasteiger partial charge in [0.2, 0.25) is 5.95 Å². The van der Waals surface area contributed by atoms with Crippen LogP contribution in [0.4, 0.5) is 5.95 Å². The summed E-state index contributed by atoms with van der Waals surface area (Å²) in [5, 5.41) is 3.51. The zero-order valence-corrected chi connectivity index (χ0v) is 11.5. The fourth-order valence-corrected chi connectivity index (χ4v) is 2.30. The van der Waals surface area contributed by atoms with E-state index in [1.165, 1.54) is 12.8 Å². The van der Waals surface area contributed by atoms with Gasteiger partial charge >= 0.3 is 0 Å². The third kappa shape index (κ3) is 3.48. The summed E-state index contributed by atoms with van der Waals surface area (Å²) in [5.41, 5.74) is 1.10. The molecule has 0 aliphatic heterocycles. The molecule has 1 fully saturated rings. The summed E-state index contributed by atoms with van der Waals surface area (Å²) in [4.78, 5) is 4.57. The molecule has 0 bridgehead atoms. The number of anilines is 1. The minimum absolute atomic E-state index is 0.657. The fourth-order valence-electron chi connectivity index (χ4n) is 2.30. The standard InChI is InChI=1S/C14H25N3/c1-10(2)8-17-9-12(4)16-14(17)15-7-11(3)13-5-6-13/h9-11,13H,5-8H2,1-4H3,(H,15,16). The maximum atomic E-state index is 4.57. The first kappa shape index (κ1) is 12.5. The SMILES string of the molecule is Cc1cn(CC(C)C)c(NCC(C)C2CC2)n1. The Bertz CT molecular complexity index is 364. The van der Waals surface area contributed by atoms with Crippen LogP contribution in [0.5, 0.6) is 0 Å². The Kier molecular flexibility index (Phi) is 3.75. The van der Waals surface area contributed by atoms with Crippen molar-refractivity contribution in [3.05, 3.63) is 11.9 Å². The van der Waals surface area contributed by atoms with E-state index in [1.54, 1.807) is 0 Å². The average Bonchev–Trinajstić information content (AvgIpc) is 3.01. The second-order valence-electron chi connectivity index (χ2n) is 5.95. The first-order chi connectivity index (χ1) is 8.06. The summed E-state index contributed by atoms with van der Waals surface area (Å²) in [6, 6.07) is 0. The monoisotopic (exact) mass is 235 g/mol. The van der Waals surface area contributed by atoms with Crippen LogP contribution in [0.3, 0.4) is 0 Å². The summed E-state index contributed by atoms with van der Waals surface area (Å²) in [6.45, 7) is 11.0. The number of nitrogens with one attached hydrogen (secondary N) is 1. The second kappa shape index (κ2) is 5.11. The molecular weight excluding hydrogens is 210 g/mol. The van der Waals surface area contributed by atoms with Gasteiger partial charge in [-0.25, -0.2) is 4.98 Å². The van der Waals surface area contributed by atoms with Crippen molar-refractivity contribution in [1.82, 2.24) is 9.55 Å². The van der Waals surface area contributed by atoms with Gasteiger partial charge in [-0.2, -0.15) is 0 Å². The minimum atomic E-state index is 0.657. The van der Waals surface area contributed by atoms with Crippen LogP contribution < -0.4 is 5.32 Å². The predicted octanol–water partition coefficient (Wildman–Crippen LogP) is 3.31. The fraction of sp³-hybridized carbons (Fsp3) is 0.786. The summed E-state index contributed by atoms with van der Waals surface area (Å²) < 4.78 is 2.25. The highest BCUT2D eigenvalue weighted by Crippen LogP contribution is 2.36. The van der Waals surface area contributed by atoms with Gasteiger partial charge in [-0.1, -0.05) is 20.8 Å². The third-order valence-corrected chi connectivity index (χ3v) is 3.47. The molecule has 1 saturated carbocycles. The van der Waals surface area contributed by atoms with Crippen molar-refractivity contribution in [1.29, 1.82) is 0 Å². The van der Waals surface area contributed by atoms with Crippen LogP contribution in [-0.4, -0.2) is 16.1 Å². The number of aryl methyl sites for hydroxylation is 1. The van der Waals surface area contributed by atoms with Gasteiger partial charge in [-0.3, -0.25) is 0 Å². The Morgan fingerprint density at radius 3 is 2.71 bits per heavy atom. The molecule has 17 heavy (non-hydrogen) atoms. The van der Waals surface area contributed by atoms with Gasteiger partial charge in [-0.05, 0) is 37.5 Å². The number of imidazole rings is 1. The summed E-state index contributed by atoms with van der Waals surface area (Å²) >= 11 is 0. The topological polar surface area (TPSA) is 29.9 Å². The van der Waals surface area contributed by atoms with Gasteiger partial charge in [0, 0.05) is 19.3 Å². The van der Waals surface area contributed by atoms with Crippen molar-refractivity contribution in [3.8, 4) is 0 Å². The van der Waals surface area contributed by atoms with E-state index in [1.807, 2.05) is 0 Å². The summed E-state index contributed by atoms with van der Waals surface area (Å²) in [5.74, 6) is 3.44. The van der Waals surface area contributed by atoms with Crippen LogP contribution in [0, 0.1) is 24.7 Å². The molecule has 1 aromatic rings. The lowest BCUT2D eigenvalue weighted by atomic mass is 10.1. The van der Waals surface area contributed by atoms with E-state index in [0.717, 1.165) is 36.6 Å². The average molecular weight is 235 g/mol. The van der Waals surface area contributed by atoms with Gasteiger partial charge in [0.05, 0.1) is 5.69 Å². The molecule has 1 heterocycles. The lowest BCUT2D eigenvalue weighted by molar-refractivity contribution is 0.513. The van der Waals surface area contributed by atoms with Gasteiger partial charge in [0.15, 0.2) is 0 Å². The molecule has 0 radical (unpaired) electrons. The Morgan fingerprint density at radius 1 is 1.41 bits per heavy atom. The molecule has 0 saturated heterocycles. The molecule has 1 aliphatic rings. The minimum Gasteiger partial charge on any atom is -0.355 e. The van der Waals surface area contributed by atoms with Crippen molar-refractivity contribution >= 4 is 5.95 Å². The number of hydrogen-bond donors (Lipinski definition) is 1. The van der Waals surface area contributed by atoms with Crippen molar-refractivity contribution in [3.63, 3.8) is 0 Å². The molecule has 2 rings (SSSR count). The Balaban J connectivity index is 1.93. The summed E-state index contributed by atoms with van der Waals surface area (Å²) in [6.07, 6.45) is 4.98. The quantitative estimate of drug-likeness (QED) is 0.820. The normalized spacial score (nSPS) is 17.5. The van der Waals surface area contributed by atoms with E-state index in [0.29, 0.717) is 5.92 Å². The molecule has 0 spiro atoms. The third-order valence-electron chi connectivity index (χ3n) is 3.47. The summed E-state index contributed by atoms with van der Waals surface area (Å²) in [7, 11) is 0. The van der Waals surface area contributed by atoms with Crippen molar-refractivity contribution in [2.75, 3.05) is 11.9 Å². The number of hydrogen-bond acceptors (Lipinski definition) is 2. The van der Waals surface area contributed by atoms with Crippen molar-refractivity contribution in [2.45, 2.75) is 47.1 Å². The van der Waals surface area contributed by atoms with E-state index in [2.05, 4.69) is 48.8 Å². The largest absolute Gasteiger partial charge is 0.355 e. The van der Waals surface area contributed by atoms with Crippen LogP contribution in [0.1, 0.15) is 39.3 Å². The van der Waals surface area contributed by atoms with E-state index in [4.69, 9.17) is 0 Å². The molecule has 1 aliphatic carbocycles. The second-order valence-corrected chi connectivity index (χ2v) is 5.95. The lowest BCUT2D eigenvalue weighted by Crippen LogP contribution is -2.17. The van der Waals surface area contributed by atoms with Crippen LogP contribution in [0.25, 0.3) is 0 Å². The molecule has 0 amide bonds. The lowest BCUT2D eigenvalue weighted by Gasteiger charge is -2.14. The first-order valence-electron chi connectivity index (χ1n) is 6.84. The van der Waals surface area contributed by atoms with Crippen LogP contribution in [0.2, 0.25) is 0 Å². The van der Waals surface area contributed by atoms with Gasteiger partial charge in [-0.15, -0.1) is 0 Å². The predicted molar refractivity (Wildman–Crippen MR) is 72.2 cm³/mol. The molecule has 96 valence electrons. The van der Waals surface area contributed by atoms with Crippen molar-refractivity contribution < 1.29 is 0 Å². The molecular formula is C14H25N3. The number of nitrogens with zero attached hydrogens (tertiary/aromatic N) is 2. The molecule has 3 nitrogen and oxygen atoms in total. The van der Waals surface area contributed by atoms with Crippen molar-refractivity contribution in [2.24, 2.45) is 17.8 Å². The highest BCUT2D eigenvalue weighted by atomic mass is 15.2. The Labute approximate surface area is 105 Å².